The van der Waals surface area contributed by atoms with E-state index >= 15 is 0 Å². The summed E-state index contributed by atoms with van der Waals surface area (Å²) in [4.78, 5) is 14.6. The summed E-state index contributed by atoms with van der Waals surface area (Å²) in [5, 5.41) is 3.03. The van der Waals surface area contributed by atoms with Gasteiger partial charge < -0.3 is 15.0 Å². The number of hydrogen-bond donors (Lipinski definition) is 1. The number of carbonyl (C=O) groups is 1. The number of likely N-dealkylation sites (tertiary alicyclic amines) is 1. The van der Waals surface area contributed by atoms with Gasteiger partial charge in [0.15, 0.2) is 0 Å². The third-order valence-electron chi connectivity index (χ3n) is 5.94. The molecule has 7 heteroatoms. The third kappa shape index (κ3) is 7.73. The molecule has 0 aromatic heterocycles. The number of nitrogens with zero attached hydrogens (tertiary/aromatic N) is 3. The number of ether oxygens (including phenoxy) is 1. The van der Waals surface area contributed by atoms with E-state index < -0.39 is 5.60 Å². The predicted molar refractivity (Wildman–Crippen MR) is 116 cm³/mol. The van der Waals surface area contributed by atoms with Crippen LogP contribution < -0.4 is 5.32 Å². The van der Waals surface area contributed by atoms with Gasteiger partial charge in [0.05, 0.1) is 0 Å². The van der Waals surface area contributed by atoms with Gasteiger partial charge in [0.2, 0.25) is 0 Å². The third-order valence-corrected chi connectivity index (χ3v) is 7.14. The molecular formula is C21H40N4O2S. The zero-order valence-corrected chi connectivity index (χ0v) is 18.9. The Kier molecular flexibility index (Phi) is 8.33. The molecule has 1 amide bonds. The van der Waals surface area contributed by atoms with Gasteiger partial charge in [0.1, 0.15) is 5.60 Å². The lowest BCUT2D eigenvalue weighted by molar-refractivity contribution is 0.0490. The smallest absolute Gasteiger partial charge is 0.407 e. The van der Waals surface area contributed by atoms with Gasteiger partial charge in [0, 0.05) is 50.9 Å². The van der Waals surface area contributed by atoms with Crippen molar-refractivity contribution in [1.82, 2.24) is 18.8 Å². The number of hydrogen-bond acceptors (Lipinski definition) is 6. The van der Waals surface area contributed by atoms with Gasteiger partial charge in [-0.2, -0.15) is 0 Å². The normalized spacial score (nSPS) is 25.0. The first-order valence-electron chi connectivity index (χ1n) is 11.3. The Morgan fingerprint density at radius 1 is 0.929 bits per heavy atom. The number of piperidine rings is 3. The van der Waals surface area contributed by atoms with E-state index in [0.717, 1.165) is 31.8 Å². The first-order chi connectivity index (χ1) is 13.4. The number of alkyl carbamates (subject to hydrolysis) is 1. The van der Waals surface area contributed by atoms with Crippen LogP contribution in [-0.4, -0.2) is 77.1 Å². The van der Waals surface area contributed by atoms with E-state index in [4.69, 9.17) is 4.74 Å². The molecule has 3 fully saturated rings. The zero-order valence-electron chi connectivity index (χ0n) is 18.1. The molecule has 162 valence electrons. The lowest BCUT2D eigenvalue weighted by Crippen LogP contribution is -2.45. The molecule has 0 radical (unpaired) electrons. The highest BCUT2D eigenvalue weighted by Crippen LogP contribution is 2.28. The van der Waals surface area contributed by atoms with Crippen molar-refractivity contribution in [3.05, 3.63) is 0 Å². The Morgan fingerprint density at radius 2 is 1.50 bits per heavy atom. The molecule has 0 aromatic carbocycles. The molecule has 0 unspecified atom stereocenters. The Bertz CT molecular complexity index is 477. The molecule has 3 aliphatic rings. The highest BCUT2D eigenvalue weighted by atomic mass is 32.2. The first kappa shape index (κ1) is 22.2. The fraction of sp³-hybridized carbons (Fsp3) is 0.952. The van der Waals surface area contributed by atoms with Crippen LogP contribution in [0.4, 0.5) is 4.79 Å². The molecule has 3 rings (SSSR count). The van der Waals surface area contributed by atoms with Gasteiger partial charge in [-0.1, -0.05) is 6.42 Å². The summed E-state index contributed by atoms with van der Waals surface area (Å²) < 4.78 is 10.4. The number of amides is 1. The maximum atomic E-state index is 11.9. The van der Waals surface area contributed by atoms with Crippen LogP contribution in [0, 0.1) is 5.92 Å². The van der Waals surface area contributed by atoms with Crippen molar-refractivity contribution in [2.24, 2.45) is 5.92 Å². The molecule has 0 spiro atoms. The summed E-state index contributed by atoms with van der Waals surface area (Å²) in [5.74, 6) is 0.888. The van der Waals surface area contributed by atoms with Gasteiger partial charge in [0.25, 0.3) is 0 Å². The molecule has 1 N–H and O–H groups in total. The molecule has 3 aliphatic heterocycles. The van der Waals surface area contributed by atoms with Crippen molar-refractivity contribution in [2.75, 3.05) is 45.8 Å². The van der Waals surface area contributed by atoms with Gasteiger partial charge in [-0.3, -0.25) is 0 Å². The summed E-state index contributed by atoms with van der Waals surface area (Å²) in [5.41, 5.74) is -0.430. The lowest BCUT2D eigenvalue weighted by atomic mass is 9.96. The Morgan fingerprint density at radius 3 is 2.07 bits per heavy atom. The second kappa shape index (κ2) is 10.5. The molecule has 3 saturated heterocycles. The molecule has 28 heavy (non-hydrogen) atoms. The molecule has 0 aliphatic carbocycles. The Labute approximate surface area is 176 Å². The summed E-state index contributed by atoms with van der Waals surface area (Å²) in [7, 11) is 0. The maximum absolute atomic E-state index is 11.9. The molecule has 6 nitrogen and oxygen atoms in total. The minimum Gasteiger partial charge on any atom is -0.444 e. The summed E-state index contributed by atoms with van der Waals surface area (Å²) in [6.07, 6.45) is 8.60. The number of rotatable bonds is 5. The topological polar surface area (TPSA) is 48.1 Å². The van der Waals surface area contributed by atoms with E-state index in [-0.39, 0.29) is 12.1 Å². The van der Waals surface area contributed by atoms with Crippen molar-refractivity contribution in [3.8, 4) is 0 Å². The van der Waals surface area contributed by atoms with E-state index in [1.165, 1.54) is 64.8 Å². The number of carbonyl (C=O) groups excluding carboxylic acids is 1. The SMILES string of the molecule is CC(C)(C)OC(=O)NC1CCN(SN2CCC(CN3CCCCC3)CC2)CC1. The van der Waals surface area contributed by atoms with Crippen molar-refractivity contribution >= 4 is 18.2 Å². The van der Waals surface area contributed by atoms with Crippen molar-refractivity contribution in [2.45, 2.75) is 77.4 Å². The van der Waals surface area contributed by atoms with E-state index in [1.54, 1.807) is 0 Å². The van der Waals surface area contributed by atoms with Crippen LogP contribution in [-0.2, 0) is 4.74 Å². The fourth-order valence-electron chi connectivity index (χ4n) is 4.40. The quantitative estimate of drug-likeness (QED) is 0.694. The van der Waals surface area contributed by atoms with E-state index in [9.17, 15) is 4.79 Å². The highest BCUT2D eigenvalue weighted by Gasteiger charge is 2.27. The van der Waals surface area contributed by atoms with Crippen LogP contribution in [0.3, 0.4) is 0 Å². The van der Waals surface area contributed by atoms with Crippen LogP contribution in [0.1, 0.15) is 65.7 Å². The molecule has 0 aromatic rings. The maximum Gasteiger partial charge on any atom is 0.407 e. The molecule has 3 heterocycles. The second-order valence-electron chi connectivity index (χ2n) is 9.66. The average molecular weight is 413 g/mol. The highest BCUT2D eigenvalue weighted by molar-refractivity contribution is 7.94. The van der Waals surface area contributed by atoms with Crippen LogP contribution in [0.5, 0.6) is 0 Å². The number of nitrogens with one attached hydrogen (secondary N) is 1. The summed E-state index contributed by atoms with van der Waals surface area (Å²) >= 11 is 1.93. The minimum atomic E-state index is -0.430. The van der Waals surface area contributed by atoms with E-state index in [2.05, 4.69) is 18.8 Å². The standard InChI is InChI=1S/C21H40N4O2S/c1-21(2,3)27-20(26)22-19-9-15-25(16-10-19)28-24-13-7-18(8-14-24)17-23-11-5-4-6-12-23/h18-19H,4-17H2,1-3H3,(H,22,26). The lowest BCUT2D eigenvalue weighted by Gasteiger charge is -2.38. The van der Waals surface area contributed by atoms with Crippen molar-refractivity contribution < 1.29 is 9.53 Å². The molecule has 0 bridgehead atoms. The first-order valence-corrected chi connectivity index (χ1v) is 12.0. The van der Waals surface area contributed by atoms with Gasteiger partial charge in [-0.25, -0.2) is 13.4 Å². The predicted octanol–water partition coefficient (Wildman–Crippen LogP) is 3.74. The van der Waals surface area contributed by atoms with Crippen molar-refractivity contribution in [1.29, 1.82) is 0 Å². The molecule has 0 saturated carbocycles. The van der Waals surface area contributed by atoms with Crippen LogP contribution in [0.15, 0.2) is 0 Å². The molecular weight excluding hydrogens is 372 g/mol. The van der Waals surface area contributed by atoms with Crippen molar-refractivity contribution in [3.63, 3.8) is 0 Å². The van der Waals surface area contributed by atoms with Gasteiger partial charge in [-0.05, 0) is 78.3 Å². The minimum absolute atomic E-state index is 0.238. The average Bonchev–Trinajstić information content (AvgIpc) is 2.64. The van der Waals surface area contributed by atoms with E-state index in [0.29, 0.717) is 0 Å². The van der Waals surface area contributed by atoms with Crippen LogP contribution >= 0.6 is 12.1 Å². The van der Waals surface area contributed by atoms with E-state index in [1.807, 2.05) is 32.9 Å². The monoisotopic (exact) mass is 412 g/mol. The summed E-state index contributed by atoms with van der Waals surface area (Å²) in [6.45, 7) is 14.1. The molecule has 0 atom stereocenters. The Hall–Kier alpha value is -0.500. The van der Waals surface area contributed by atoms with Gasteiger partial charge in [-0.15, -0.1) is 0 Å². The summed E-state index contributed by atoms with van der Waals surface area (Å²) in [6, 6.07) is 0.238. The fourth-order valence-corrected chi connectivity index (χ4v) is 5.47. The second-order valence-corrected chi connectivity index (χ2v) is 10.9. The van der Waals surface area contributed by atoms with Crippen LogP contribution in [0.2, 0.25) is 0 Å². The zero-order chi connectivity index (χ0) is 20.0. The van der Waals surface area contributed by atoms with Gasteiger partial charge >= 0.3 is 6.09 Å². The van der Waals surface area contributed by atoms with Crippen LogP contribution in [0.25, 0.3) is 0 Å². The Balaban J connectivity index is 1.28. The largest absolute Gasteiger partial charge is 0.444 e.